The molecular formula is C19H27N3O2. The van der Waals surface area contributed by atoms with Gasteiger partial charge >= 0.3 is 6.09 Å². The van der Waals surface area contributed by atoms with Crippen molar-refractivity contribution in [3.05, 3.63) is 35.9 Å². The van der Waals surface area contributed by atoms with Gasteiger partial charge < -0.3 is 20.3 Å². The summed E-state index contributed by atoms with van der Waals surface area (Å²) in [6, 6.07) is 11.3. The fourth-order valence-electron chi connectivity index (χ4n) is 4.26. The Morgan fingerprint density at radius 3 is 2.54 bits per heavy atom. The molecule has 1 atom stereocenters. The van der Waals surface area contributed by atoms with Gasteiger partial charge in [-0.15, -0.1) is 0 Å². The molecule has 4 aliphatic rings. The second-order valence-corrected chi connectivity index (χ2v) is 7.48. The Hall–Kier alpha value is -1.59. The minimum atomic E-state index is -0.301. The van der Waals surface area contributed by atoms with E-state index in [1.54, 1.807) is 0 Å². The third-order valence-electron chi connectivity index (χ3n) is 5.78. The summed E-state index contributed by atoms with van der Waals surface area (Å²) in [6.45, 7) is 4.11. The van der Waals surface area contributed by atoms with E-state index in [1.807, 2.05) is 30.3 Å². The zero-order valence-corrected chi connectivity index (χ0v) is 14.1. The normalized spacial score (nSPS) is 34.4. The number of hydrogen-bond acceptors (Lipinski definition) is 4. The Morgan fingerprint density at radius 1 is 1.12 bits per heavy atom. The molecule has 0 aromatic heterocycles. The van der Waals surface area contributed by atoms with Crippen LogP contribution in [0.1, 0.15) is 31.2 Å². The summed E-state index contributed by atoms with van der Waals surface area (Å²) in [5, 5.41) is 6.79. The summed E-state index contributed by atoms with van der Waals surface area (Å²) in [4.78, 5) is 14.4. The second kappa shape index (κ2) is 7.11. The van der Waals surface area contributed by atoms with Crippen LogP contribution in [0, 0.1) is 5.92 Å². The van der Waals surface area contributed by atoms with E-state index < -0.39 is 0 Å². The third-order valence-corrected chi connectivity index (χ3v) is 5.78. The largest absolute Gasteiger partial charge is 0.445 e. The lowest BCUT2D eigenvalue weighted by Gasteiger charge is -2.48. The molecule has 3 saturated heterocycles. The van der Waals surface area contributed by atoms with E-state index in [0.717, 1.165) is 24.3 Å². The van der Waals surface area contributed by atoms with Crippen LogP contribution in [0.15, 0.2) is 30.3 Å². The summed E-state index contributed by atoms with van der Waals surface area (Å²) in [5.41, 5.74) is 1.02. The standard InChI is InChI=1S/C19H27N3O2/c23-19(24-13-14-4-2-1-3-5-14)21-17-10-16(11-17)20-18-12-22-8-6-15(18)7-9-22/h1-5,15-18,20H,6-13H2,(H,21,23). The topological polar surface area (TPSA) is 53.6 Å². The highest BCUT2D eigenvalue weighted by atomic mass is 16.5. The van der Waals surface area contributed by atoms with Crippen molar-refractivity contribution in [1.29, 1.82) is 0 Å². The zero-order valence-electron chi connectivity index (χ0n) is 14.1. The fraction of sp³-hybridized carbons (Fsp3) is 0.632. The number of nitrogens with zero attached hydrogens (tertiary/aromatic N) is 1. The molecule has 2 bridgehead atoms. The first-order chi connectivity index (χ1) is 11.8. The summed E-state index contributed by atoms with van der Waals surface area (Å²) in [5.74, 6) is 0.859. The molecule has 1 aromatic rings. The third kappa shape index (κ3) is 3.73. The quantitative estimate of drug-likeness (QED) is 0.869. The molecule has 5 heteroatoms. The smallest absolute Gasteiger partial charge is 0.407 e. The lowest BCUT2D eigenvalue weighted by atomic mass is 9.80. The van der Waals surface area contributed by atoms with Crippen molar-refractivity contribution in [1.82, 2.24) is 15.5 Å². The SMILES string of the molecule is O=C(NC1CC(NC2CN3CCC2CC3)C1)OCc1ccccc1. The van der Waals surface area contributed by atoms with Crippen LogP contribution in [0.2, 0.25) is 0 Å². The Balaban J connectivity index is 1.14. The predicted octanol–water partition coefficient (Wildman–Crippen LogP) is 2.13. The van der Waals surface area contributed by atoms with E-state index in [-0.39, 0.29) is 12.1 Å². The Bertz CT molecular complexity index is 551. The molecule has 2 N–H and O–H groups in total. The lowest BCUT2D eigenvalue weighted by molar-refractivity contribution is 0.0559. The van der Waals surface area contributed by atoms with Gasteiger partial charge in [-0.3, -0.25) is 0 Å². The molecule has 5 nitrogen and oxygen atoms in total. The van der Waals surface area contributed by atoms with E-state index in [2.05, 4.69) is 15.5 Å². The number of nitrogens with one attached hydrogen (secondary N) is 2. The first-order valence-corrected chi connectivity index (χ1v) is 9.22. The number of benzene rings is 1. The molecule has 1 aliphatic carbocycles. The van der Waals surface area contributed by atoms with Crippen LogP contribution in [-0.4, -0.2) is 48.8 Å². The van der Waals surface area contributed by atoms with Crippen molar-refractivity contribution in [2.45, 2.75) is 50.4 Å². The van der Waals surface area contributed by atoms with Gasteiger partial charge in [-0.05, 0) is 50.3 Å². The van der Waals surface area contributed by atoms with Crippen molar-refractivity contribution in [2.24, 2.45) is 5.92 Å². The molecular weight excluding hydrogens is 302 g/mol. The Labute approximate surface area is 143 Å². The number of alkyl carbamates (subject to hydrolysis) is 1. The number of fused-ring (bicyclic) bond motifs is 3. The van der Waals surface area contributed by atoms with E-state index in [0.29, 0.717) is 18.7 Å². The highest BCUT2D eigenvalue weighted by Crippen LogP contribution is 2.30. The maximum Gasteiger partial charge on any atom is 0.407 e. The van der Waals surface area contributed by atoms with Crippen LogP contribution in [0.25, 0.3) is 0 Å². The Morgan fingerprint density at radius 2 is 1.88 bits per heavy atom. The molecule has 1 aromatic carbocycles. The van der Waals surface area contributed by atoms with Gasteiger partial charge in [0.25, 0.3) is 0 Å². The number of carbonyl (C=O) groups is 1. The molecule has 4 fully saturated rings. The monoisotopic (exact) mass is 329 g/mol. The number of carbonyl (C=O) groups excluding carboxylic acids is 1. The van der Waals surface area contributed by atoms with Crippen LogP contribution in [0.4, 0.5) is 4.79 Å². The summed E-state index contributed by atoms with van der Waals surface area (Å²) >= 11 is 0. The molecule has 3 heterocycles. The number of hydrogen-bond donors (Lipinski definition) is 2. The Kier molecular flexibility index (Phi) is 4.72. The van der Waals surface area contributed by atoms with Gasteiger partial charge in [0.05, 0.1) is 0 Å². The van der Waals surface area contributed by atoms with E-state index in [9.17, 15) is 4.79 Å². The predicted molar refractivity (Wildman–Crippen MR) is 92.7 cm³/mol. The van der Waals surface area contributed by atoms with Gasteiger partial charge in [-0.25, -0.2) is 4.79 Å². The zero-order chi connectivity index (χ0) is 16.4. The number of rotatable bonds is 5. The number of amides is 1. The van der Waals surface area contributed by atoms with Crippen LogP contribution in [-0.2, 0) is 11.3 Å². The molecule has 0 radical (unpaired) electrons. The molecule has 1 saturated carbocycles. The number of piperidine rings is 3. The molecule has 5 rings (SSSR count). The number of ether oxygens (including phenoxy) is 1. The molecule has 1 unspecified atom stereocenters. The summed E-state index contributed by atoms with van der Waals surface area (Å²) in [6.07, 6.45) is 4.42. The highest BCUT2D eigenvalue weighted by molar-refractivity contribution is 5.67. The van der Waals surface area contributed by atoms with Crippen molar-refractivity contribution in [3.8, 4) is 0 Å². The van der Waals surface area contributed by atoms with Gasteiger partial charge in [-0.2, -0.15) is 0 Å². The average Bonchev–Trinajstić information content (AvgIpc) is 2.60. The van der Waals surface area contributed by atoms with Gasteiger partial charge in [0.1, 0.15) is 6.61 Å². The van der Waals surface area contributed by atoms with Crippen molar-refractivity contribution >= 4 is 6.09 Å². The molecule has 3 aliphatic heterocycles. The van der Waals surface area contributed by atoms with Crippen LogP contribution in [0.5, 0.6) is 0 Å². The average molecular weight is 329 g/mol. The first-order valence-electron chi connectivity index (χ1n) is 9.22. The van der Waals surface area contributed by atoms with Crippen molar-refractivity contribution < 1.29 is 9.53 Å². The van der Waals surface area contributed by atoms with Crippen molar-refractivity contribution in [2.75, 3.05) is 19.6 Å². The second-order valence-electron chi connectivity index (χ2n) is 7.48. The van der Waals surface area contributed by atoms with Crippen LogP contribution in [0.3, 0.4) is 0 Å². The van der Waals surface area contributed by atoms with Gasteiger partial charge in [0.2, 0.25) is 0 Å². The van der Waals surface area contributed by atoms with Gasteiger partial charge in [0, 0.05) is 24.7 Å². The van der Waals surface area contributed by atoms with Crippen LogP contribution < -0.4 is 10.6 Å². The summed E-state index contributed by atoms with van der Waals surface area (Å²) in [7, 11) is 0. The minimum Gasteiger partial charge on any atom is -0.445 e. The lowest BCUT2D eigenvalue weighted by Crippen LogP contribution is -2.62. The van der Waals surface area contributed by atoms with E-state index in [4.69, 9.17) is 4.74 Å². The molecule has 130 valence electrons. The van der Waals surface area contributed by atoms with Gasteiger partial charge in [-0.1, -0.05) is 30.3 Å². The van der Waals surface area contributed by atoms with E-state index in [1.165, 1.54) is 32.5 Å². The maximum atomic E-state index is 11.9. The van der Waals surface area contributed by atoms with Crippen LogP contribution >= 0.6 is 0 Å². The first kappa shape index (κ1) is 15.9. The molecule has 1 amide bonds. The van der Waals surface area contributed by atoms with Crippen molar-refractivity contribution in [3.63, 3.8) is 0 Å². The molecule has 24 heavy (non-hydrogen) atoms. The summed E-state index contributed by atoms with van der Waals surface area (Å²) < 4.78 is 5.28. The van der Waals surface area contributed by atoms with E-state index >= 15 is 0 Å². The fourth-order valence-corrected chi connectivity index (χ4v) is 4.26. The molecule has 0 spiro atoms. The highest BCUT2D eigenvalue weighted by Gasteiger charge is 2.38. The van der Waals surface area contributed by atoms with Gasteiger partial charge in [0.15, 0.2) is 0 Å². The minimum absolute atomic E-state index is 0.256. The maximum absolute atomic E-state index is 11.9.